The van der Waals surface area contributed by atoms with Crippen LogP contribution in [0.15, 0.2) is 77.6 Å². The van der Waals surface area contributed by atoms with Crippen LogP contribution in [0, 0.1) is 5.82 Å². The molecule has 3 heterocycles. The maximum absolute atomic E-state index is 15.1. The molecule has 8 nitrogen and oxygen atoms in total. The molecule has 10 heteroatoms. The fraction of sp³-hybridized carbons (Fsp3) is 0.273. The van der Waals surface area contributed by atoms with E-state index in [-0.39, 0.29) is 35.3 Å². The molecule has 0 amide bonds. The van der Waals surface area contributed by atoms with E-state index in [4.69, 9.17) is 19.4 Å². The van der Waals surface area contributed by atoms with Gasteiger partial charge in [0.1, 0.15) is 23.1 Å². The molecule has 1 aliphatic heterocycles. The minimum absolute atomic E-state index is 0.0791. The number of aryl methyl sites for hydroxylation is 1. The summed E-state index contributed by atoms with van der Waals surface area (Å²) in [6.07, 6.45) is 2.70. The lowest BCUT2D eigenvalue weighted by atomic mass is 10.0. The highest BCUT2D eigenvalue weighted by Gasteiger charge is 2.33. The fourth-order valence-electron chi connectivity index (χ4n) is 5.58. The average molecular weight is 599 g/mol. The summed E-state index contributed by atoms with van der Waals surface area (Å²) in [6, 6.07) is 21.2. The highest BCUT2D eigenvalue weighted by atomic mass is 32.1. The third-order valence-electron chi connectivity index (χ3n) is 7.82. The Bertz CT molecular complexity index is 1840. The Morgan fingerprint density at radius 1 is 1.02 bits per heavy atom. The topological polar surface area (TPSA) is 86.5 Å². The van der Waals surface area contributed by atoms with Crippen LogP contribution in [-0.2, 0) is 17.8 Å². The highest BCUT2D eigenvalue weighted by Crippen LogP contribution is 2.34. The lowest BCUT2D eigenvalue weighted by Gasteiger charge is -2.22. The van der Waals surface area contributed by atoms with E-state index in [0.29, 0.717) is 46.4 Å². The number of nitrogens with zero attached hydrogens (tertiary/aromatic N) is 4. The molecule has 220 valence electrons. The molecule has 1 atom stereocenters. The SMILES string of the molecule is COc1ccc(Cn2c(-c3ccccc3F)nc3sc(N4CCC[C@@H]4C(=O)CCc4ccccc4)nc3c2=O)c(OC)c1. The van der Waals surface area contributed by atoms with Gasteiger partial charge in [-0.25, -0.2) is 14.4 Å². The first-order valence-electron chi connectivity index (χ1n) is 14.2. The van der Waals surface area contributed by atoms with Crippen LogP contribution in [0.25, 0.3) is 21.7 Å². The molecule has 1 saturated heterocycles. The second kappa shape index (κ2) is 12.3. The Balaban J connectivity index is 1.39. The quantitative estimate of drug-likeness (QED) is 0.198. The first-order chi connectivity index (χ1) is 21.0. The Morgan fingerprint density at radius 2 is 1.81 bits per heavy atom. The molecule has 0 radical (unpaired) electrons. The molecule has 0 spiro atoms. The van der Waals surface area contributed by atoms with Crippen LogP contribution in [0.4, 0.5) is 9.52 Å². The van der Waals surface area contributed by atoms with Crippen LogP contribution < -0.4 is 19.9 Å². The van der Waals surface area contributed by atoms with Crippen molar-refractivity contribution in [3.63, 3.8) is 0 Å². The van der Waals surface area contributed by atoms with Gasteiger partial charge in [-0.15, -0.1) is 0 Å². The van der Waals surface area contributed by atoms with E-state index in [1.165, 1.54) is 22.0 Å². The van der Waals surface area contributed by atoms with Gasteiger partial charge < -0.3 is 14.4 Å². The summed E-state index contributed by atoms with van der Waals surface area (Å²) < 4.78 is 27.4. The summed E-state index contributed by atoms with van der Waals surface area (Å²) in [7, 11) is 3.11. The van der Waals surface area contributed by atoms with Crippen LogP contribution in [0.5, 0.6) is 11.5 Å². The first-order valence-corrected chi connectivity index (χ1v) is 15.0. The second-order valence-electron chi connectivity index (χ2n) is 10.4. The summed E-state index contributed by atoms with van der Waals surface area (Å²) in [5.41, 5.74) is 1.83. The molecule has 0 N–H and O–H groups in total. The number of anilines is 1. The number of fused-ring (bicyclic) bond motifs is 1. The lowest BCUT2D eigenvalue weighted by Crippen LogP contribution is -2.36. The largest absolute Gasteiger partial charge is 0.497 e. The molecule has 0 bridgehead atoms. The average Bonchev–Trinajstić information content (AvgIpc) is 3.70. The summed E-state index contributed by atoms with van der Waals surface area (Å²) in [6.45, 7) is 0.745. The standard InChI is InChI=1S/C33H31FN4O4S/c1-41-23-16-15-22(28(19-23)42-2)20-38-30(24-11-6-7-12-25(24)34)36-31-29(32(38)40)35-33(43-31)37-18-8-13-26(37)27(39)17-14-21-9-4-3-5-10-21/h3-7,9-12,15-16,19,26H,8,13-14,17-18,20H2,1-2H3/t26-/m1/s1. The molecule has 2 aromatic heterocycles. The molecular weight excluding hydrogens is 567 g/mol. The van der Waals surface area contributed by atoms with Gasteiger partial charge in [0.05, 0.1) is 32.4 Å². The zero-order valence-electron chi connectivity index (χ0n) is 24.0. The monoisotopic (exact) mass is 598 g/mol. The van der Waals surface area contributed by atoms with Crippen molar-refractivity contribution in [2.24, 2.45) is 0 Å². The molecule has 0 unspecified atom stereocenters. The van der Waals surface area contributed by atoms with Gasteiger partial charge in [0.25, 0.3) is 5.56 Å². The van der Waals surface area contributed by atoms with Crippen molar-refractivity contribution >= 4 is 32.6 Å². The zero-order chi connectivity index (χ0) is 29.9. The van der Waals surface area contributed by atoms with Gasteiger partial charge in [-0.1, -0.05) is 53.8 Å². The van der Waals surface area contributed by atoms with Crippen LogP contribution >= 0.6 is 11.3 Å². The van der Waals surface area contributed by atoms with Crippen LogP contribution in [0.2, 0.25) is 0 Å². The van der Waals surface area contributed by atoms with Gasteiger partial charge in [0.15, 0.2) is 21.3 Å². The normalized spacial score (nSPS) is 14.8. The van der Waals surface area contributed by atoms with Gasteiger partial charge in [-0.3, -0.25) is 14.2 Å². The fourth-order valence-corrected chi connectivity index (χ4v) is 6.58. The second-order valence-corrected chi connectivity index (χ2v) is 11.4. The number of thiazole rings is 1. The molecule has 3 aromatic carbocycles. The number of methoxy groups -OCH3 is 2. The van der Waals surface area contributed by atoms with Gasteiger partial charge >= 0.3 is 0 Å². The highest BCUT2D eigenvalue weighted by molar-refractivity contribution is 7.21. The number of Topliss-reactive ketones (excluding diaryl/α,β-unsaturated/α-hetero) is 1. The van der Waals surface area contributed by atoms with E-state index in [1.54, 1.807) is 44.6 Å². The van der Waals surface area contributed by atoms with Crippen molar-refractivity contribution in [3.8, 4) is 22.9 Å². The van der Waals surface area contributed by atoms with Gasteiger partial charge in [-0.2, -0.15) is 0 Å². The van der Waals surface area contributed by atoms with Crippen molar-refractivity contribution in [1.82, 2.24) is 14.5 Å². The molecule has 1 fully saturated rings. The van der Waals surface area contributed by atoms with Crippen LogP contribution in [-0.4, -0.2) is 47.1 Å². The Kier molecular flexibility index (Phi) is 8.20. The van der Waals surface area contributed by atoms with E-state index in [1.807, 2.05) is 41.3 Å². The predicted octanol–water partition coefficient (Wildman–Crippen LogP) is 5.90. The number of ketones is 1. The van der Waals surface area contributed by atoms with E-state index < -0.39 is 11.4 Å². The Labute approximate surface area is 252 Å². The lowest BCUT2D eigenvalue weighted by molar-refractivity contribution is -0.120. The molecule has 0 aliphatic carbocycles. The Morgan fingerprint density at radius 3 is 2.58 bits per heavy atom. The summed E-state index contributed by atoms with van der Waals surface area (Å²) >= 11 is 1.26. The van der Waals surface area contributed by atoms with Gasteiger partial charge in [-0.05, 0) is 49.1 Å². The molecular formula is C33H31FN4O4S. The smallest absolute Gasteiger partial charge is 0.281 e. The number of benzene rings is 3. The summed E-state index contributed by atoms with van der Waals surface area (Å²) in [5.74, 6) is 1.000. The number of hydrogen-bond donors (Lipinski definition) is 0. The number of carbonyl (C=O) groups excluding carboxylic acids is 1. The number of rotatable bonds is 10. The van der Waals surface area contributed by atoms with Gasteiger partial charge in [0, 0.05) is 24.6 Å². The van der Waals surface area contributed by atoms with Crippen molar-refractivity contribution in [1.29, 1.82) is 0 Å². The summed E-state index contributed by atoms with van der Waals surface area (Å²) in [4.78, 5) is 39.3. The van der Waals surface area contributed by atoms with Crippen molar-refractivity contribution in [2.75, 3.05) is 25.7 Å². The van der Waals surface area contributed by atoms with E-state index in [9.17, 15) is 9.59 Å². The summed E-state index contributed by atoms with van der Waals surface area (Å²) in [5, 5.41) is 0.578. The number of ether oxygens (including phenoxy) is 2. The number of halogens is 1. The number of aromatic nitrogens is 3. The number of carbonyl (C=O) groups is 1. The first kappa shape index (κ1) is 28.5. The molecule has 6 rings (SSSR count). The number of hydrogen-bond acceptors (Lipinski definition) is 8. The third-order valence-corrected chi connectivity index (χ3v) is 8.81. The minimum Gasteiger partial charge on any atom is -0.497 e. The van der Waals surface area contributed by atoms with Gasteiger partial charge in [0.2, 0.25) is 0 Å². The third kappa shape index (κ3) is 5.75. The van der Waals surface area contributed by atoms with E-state index >= 15 is 4.39 Å². The van der Waals surface area contributed by atoms with Crippen molar-refractivity contribution in [3.05, 3.63) is 100 Å². The zero-order valence-corrected chi connectivity index (χ0v) is 24.8. The molecule has 1 aliphatic rings. The van der Waals surface area contributed by atoms with E-state index in [2.05, 4.69) is 0 Å². The molecule has 43 heavy (non-hydrogen) atoms. The minimum atomic E-state index is -0.488. The van der Waals surface area contributed by atoms with E-state index in [0.717, 1.165) is 18.4 Å². The molecule has 0 saturated carbocycles. The van der Waals surface area contributed by atoms with Crippen molar-refractivity contribution < 1.29 is 18.7 Å². The molecule has 5 aromatic rings. The predicted molar refractivity (Wildman–Crippen MR) is 166 cm³/mol. The maximum Gasteiger partial charge on any atom is 0.281 e. The van der Waals surface area contributed by atoms with Crippen LogP contribution in [0.3, 0.4) is 0 Å². The maximum atomic E-state index is 15.1. The van der Waals surface area contributed by atoms with Crippen LogP contribution in [0.1, 0.15) is 30.4 Å². The van der Waals surface area contributed by atoms with Crippen molar-refractivity contribution in [2.45, 2.75) is 38.3 Å². The Hall–Kier alpha value is -4.57.